The molecule has 0 unspecified atom stereocenters. The van der Waals surface area contributed by atoms with Gasteiger partial charge in [-0.3, -0.25) is 14.2 Å². The summed E-state index contributed by atoms with van der Waals surface area (Å²) in [5.41, 5.74) is -0.394. The zero-order chi connectivity index (χ0) is 19.8. The molecule has 1 aromatic heterocycles. The Morgan fingerprint density at radius 3 is 2.61 bits per heavy atom. The Morgan fingerprint density at radius 1 is 1.11 bits per heavy atom. The molecule has 0 aliphatic carbocycles. The van der Waals surface area contributed by atoms with Crippen LogP contribution in [0.15, 0.2) is 58.3 Å². The summed E-state index contributed by atoms with van der Waals surface area (Å²) in [6, 6.07) is 11.7. The highest BCUT2D eigenvalue weighted by Crippen LogP contribution is 2.36. The Balaban J connectivity index is 1.85. The molecular weight excluding hydrogens is 367 g/mol. The first-order chi connectivity index (χ1) is 13.5. The number of aromatic nitrogens is 3. The minimum Gasteiger partial charge on any atom is -0.481 e. The molecule has 0 radical (unpaired) electrons. The predicted molar refractivity (Wildman–Crippen MR) is 98.2 cm³/mol. The zero-order valence-corrected chi connectivity index (χ0v) is 14.8. The molecule has 28 heavy (non-hydrogen) atoms. The minimum atomic E-state index is -0.802. The third-order valence-electron chi connectivity index (χ3n) is 4.47. The van der Waals surface area contributed by atoms with E-state index in [1.54, 1.807) is 0 Å². The maximum absolute atomic E-state index is 14.7. The molecule has 142 valence electrons. The van der Waals surface area contributed by atoms with Gasteiger partial charge in [0.25, 0.3) is 11.5 Å². The van der Waals surface area contributed by atoms with Gasteiger partial charge in [-0.1, -0.05) is 30.3 Å². The third kappa shape index (κ3) is 2.96. The van der Waals surface area contributed by atoms with Crippen molar-refractivity contribution in [3.63, 3.8) is 0 Å². The van der Waals surface area contributed by atoms with Crippen molar-refractivity contribution in [3.8, 4) is 11.4 Å². The monoisotopic (exact) mass is 382 g/mol. The van der Waals surface area contributed by atoms with Gasteiger partial charge in [-0.2, -0.15) is 9.78 Å². The van der Waals surface area contributed by atoms with Crippen LogP contribution in [0.5, 0.6) is 5.75 Å². The lowest BCUT2D eigenvalue weighted by Gasteiger charge is -2.30. The van der Waals surface area contributed by atoms with Gasteiger partial charge >= 0.3 is 5.69 Å². The van der Waals surface area contributed by atoms with Crippen LogP contribution in [0.25, 0.3) is 5.69 Å². The molecular formula is C19H15FN4O4. The van der Waals surface area contributed by atoms with Crippen LogP contribution in [0.1, 0.15) is 5.56 Å². The molecule has 0 bridgehead atoms. The molecule has 3 aromatic rings. The topological polar surface area (TPSA) is 86.4 Å². The second-order valence-corrected chi connectivity index (χ2v) is 6.26. The van der Waals surface area contributed by atoms with Gasteiger partial charge in [0.2, 0.25) is 0 Å². The van der Waals surface area contributed by atoms with Crippen LogP contribution in [-0.4, -0.2) is 26.9 Å². The van der Waals surface area contributed by atoms with Crippen molar-refractivity contribution in [2.75, 3.05) is 11.5 Å². The summed E-state index contributed by atoms with van der Waals surface area (Å²) in [5, 5.41) is 3.73. The molecule has 2 heterocycles. The lowest BCUT2D eigenvalue weighted by molar-refractivity contribution is -0.121. The number of ether oxygens (including phenoxy) is 1. The average Bonchev–Trinajstić information content (AvgIpc) is 2.69. The van der Waals surface area contributed by atoms with Gasteiger partial charge in [0, 0.05) is 13.1 Å². The molecule has 8 nitrogen and oxygen atoms in total. The molecule has 0 fully saturated rings. The van der Waals surface area contributed by atoms with Crippen LogP contribution in [-0.2, 0) is 18.4 Å². The first kappa shape index (κ1) is 17.7. The first-order valence-corrected chi connectivity index (χ1v) is 8.42. The first-order valence-electron chi connectivity index (χ1n) is 8.42. The van der Waals surface area contributed by atoms with Crippen molar-refractivity contribution < 1.29 is 13.9 Å². The van der Waals surface area contributed by atoms with Gasteiger partial charge in [-0.15, -0.1) is 0 Å². The van der Waals surface area contributed by atoms with Gasteiger partial charge in [-0.05, 0) is 11.6 Å². The molecule has 0 spiro atoms. The van der Waals surface area contributed by atoms with Crippen LogP contribution >= 0.6 is 0 Å². The summed E-state index contributed by atoms with van der Waals surface area (Å²) >= 11 is 0. The van der Waals surface area contributed by atoms with E-state index in [2.05, 4.69) is 5.10 Å². The maximum atomic E-state index is 14.7. The number of amides is 1. The fourth-order valence-electron chi connectivity index (χ4n) is 2.96. The van der Waals surface area contributed by atoms with Crippen molar-refractivity contribution in [3.05, 3.63) is 80.9 Å². The average molecular weight is 382 g/mol. The molecule has 1 amide bonds. The van der Waals surface area contributed by atoms with E-state index in [0.29, 0.717) is 5.69 Å². The summed E-state index contributed by atoms with van der Waals surface area (Å²) in [7, 11) is 1.27. The fourth-order valence-corrected chi connectivity index (χ4v) is 2.96. The fraction of sp³-hybridized carbons (Fsp3) is 0.158. The molecule has 0 N–H and O–H groups in total. The van der Waals surface area contributed by atoms with E-state index < -0.39 is 17.1 Å². The van der Waals surface area contributed by atoms with Gasteiger partial charge in [-0.25, -0.2) is 9.18 Å². The van der Waals surface area contributed by atoms with Crippen molar-refractivity contribution in [2.45, 2.75) is 6.54 Å². The summed E-state index contributed by atoms with van der Waals surface area (Å²) in [5.74, 6) is -0.870. The number of benzene rings is 2. The molecule has 2 aromatic carbocycles. The van der Waals surface area contributed by atoms with Crippen LogP contribution in [0, 0.1) is 5.82 Å². The second-order valence-electron chi connectivity index (χ2n) is 6.26. The number of carbonyl (C=O) groups is 1. The van der Waals surface area contributed by atoms with Crippen molar-refractivity contribution >= 4 is 11.6 Å². The van der Waals surface area contributed by atoms with E-state index in [9.17, 15) is 18.8 Å². The van der Waals surface area contributed by atoms with Crippen LogP contribution in [0.3, 0.4) is 0 Å². The van der Waals surface area contributed by atoms with Crippen LogP contribution in [0.4, 0.5) is 10.1 Å². The zero-order valence-electron chi connectivity index (χ0n) is 14.8. The number of hydrogen-bond acceptors (Lipinski definition) is 5. The van der Waals surface area contributed by atoms with E-state index in [0.717, 1.165) is 27.1 Å². The lowest BCUT2D eigenvalue weighted by Crippen LogP contribution is -2.40. The Hall–Kier alpha value is -3.75. The van der Waals surface area contributed by atoms with E-state index in [1.807, 2.05) is 30.3 Å². The molecule has 0 saturated carbocycles. The molecule has 1 aliphatic heterocycles. The standard InChI is InChI=1S/C19H15FN4O4/c1-22-17(25)9-21-24(19(22)27)14-8-15-16(7-13(14)20)28-11-18(26)23(15)10-12-5-3-2-4-6-12/h2-9H,10-11H2,1H3. The number of nitrogens with zero attached hydrogens (tertiary/aromatic N) is 4. The Morgan fingerprint density at radius 2 is 1.86 bits per heavy atom. The van der Waals surface area contributed by atoms with Gasteiger partial charge < -0.3 is 9.64 Å². The Bertz CT molecular complexity index is 1190. The van der Waals surface area contributed by atoms with Crippen molar-refractivity contribution in [1.29, 1.82) is 0 Å². The summed E-state index contributed by atoms with van der Waals surface area (Å²) < 4.78 is 21.6. The number of anilines is 1. The molecule has 1 aliphatic rings. The maximum Gasteiger partial charge on any atom is 0.352 e. The second kappa shape index (κ2) is 6.76. The van der Waals surface area contributed by atoms with Crippen molar-refractivity contribution in [2.24, 2.45) is 7.05 Å². The molecule has 0 atom stereocenters. The summed E-state index contributed by atoms with van der Waals surface area (Å²) in [4.78, 5) is 37.8. The van der Waals surface area contributed by atoms with Gasteiger partial charge in [0.15, 0.2) is 12.4 Å². The number of rotatable bonds is 3. The molecule has 4 rings (SSSR count). The lowest BCUT2D eigenvalue weighted by atomic mass is 10.1. The van der Waals surface area contributed by atoms with E-state index in [-0.39, 0.29) is 30.5 Å². The number of fused-ring (bicyclic) bond motifs is 1. The SMILES string of the molecule is Cn1c(=O)cnn(-c2cc3c(cc2F)OCC(=O)N3Cc2ccccc2)c1=O. The van der Waals surface area contributed by atoms with Crippen LogP contribution in [0.2, 0.25) is 0 Å². The smallest absolute Gasteiger partial charge is 0.352 e. The molecule has 0 saturated heterocycles. The quantitative estimate of drug-likeness (QED) is 0.675. The van der Waals surface area contributed by atoms with Gasteiger partial charge in [0.05, 0.1) is 12.2 Å². The Kier molecular flexibility index (Phi) is 4.26. The van der Waals surface area contributed by atoms with Crippen LogP contribution < -0.4 is 20.9 Å². The molecule has 9 heteroatoms. The predicted octanol–water partition coefficient (Wildman–Crippen LogP) is 0.996. The van der Waals surface area contributed by atoms with E-state index >= 15 is 0 Å². The summed E-state index contributed by atoms with van der Waals surface area (Å²) in [6.45, 7) is 0.0490. The highest BCUT2D eigenvalue weighted by atomic mass is 19.1. The summed E-state index contributed by atoms with van der Waals surface area (Å²) in [6.07, 6.45) is 0.920. The number of carbonyl (C=O) groups excluding carboxylic acids is 1. The van der Waals surface area contributed by atoms with E-state index in [1.165, 1.54) is 18.0 Å². The van der Waals surface area contributed by atoms with Crippen molar-refractivity contribution in [1.82, 2.24) is 14.3 Å². The highest BCUT2D eigenvalue weighted by molar-refractivity contribution is 5.98. The Labute approximate surface area is 158 Å². The van der Waals surface area contributed by atoms with E-state index in [4.69, 9.17) is 4.74 Å². The highest BCUT2D eigenvalue weighted by Gasteiger charge is 2.28. The minimum absolute atomic E-state index is 0.185. The largest absolute Gasteiger partial charge is 0.481 e. The normalized spacial score (nSPS) is 13.2. The number of hydrogen-bond donors (Lipinski definition) is 0. The number of halogens is 1. The third-order valence-corrected chi connectivity index (χ3v) is 4.47. The van der Waals surface area contributed by atoms with Gasteiger partial charge in [0.1, 0.15) is 17.6 Å².